The van der Waals surface area contributed by atoms with E-state index in [4.69, 9.17) is 5.11 Å². The van der Waals surface area contributed by atoms with Crippen molar-refractivity contribution in [2.75, 3.05) is 0 Å². The van der Waals surface area contributed by atoms with Crippen LogP contribution in [0.4, 0.5) is 0 Å². The smallest absolute Gasteiger partial charge is 0.0698 e. The molecule has 3 heteroatoms. The second-order valence-corrected chi connectivity index (χ2v) is 2.80. The first kappa shape index (κ1) is 8.14. The molecular weight excluding hydrogens is 140 g/mol. The van der Waals surface area contributed by atoms with Gasteiger partial charge in [-0.2, -0.15) is 10.2 Å². The third-order valence-corrected chi connectivity index (χ3v) is 1.50. The first-order valence-electron chi connectivity index (χ1n) is 3.66. The number of hydrogen-bond acceptors (Lipinski definition) is 3. The van der Waals surface area contributed by atoms with Crippen molar-refractivity contribution in [2.24, 2.45) is 0 Å². The molecule has 1 aromatic heterocycles. The maximum absolute atomic E-state index is 8.78. The fraction of sp³-hybridized carbons (Fsp3) is 0.500. The Morgan fingerprint density at radius 1 is 1.55 bits per heavy atom. The second kappa shape index (κ2) is 3.44. The zero-order valence-electron chi connectivity index (χ0n) is 6.78. The molecule has 0 aliphatic rings. The van der Waals surface area contributed by atoms with Crippen LogP contribution >= 0.6 is 0 Å². The number of hydrogen-bond donors (Lipinski definition) is 1. The Labute approximate surface area is 66.1 Å². The van der Waals surface area contributed by atoms with Crippen molar-refractivity contribution in [3.63, 3.8) is 0 Å². The molecule has 1 heterocycles. The molecule has 0 aromatic carbocycles. The highest BCUT2D eigenvalue weighted by molar-refractivity contribution is 5.13. The van der Waals surface area contributed by atoms with Gasteiger partial charge < -0.3 is 5.11 Å². The van der Waals surface area contributed by atoms with Gasteiger partial charge in [-0.15, -0.1) is 0 Å². The van der Waals surface area contributed by atoms with Crippen molar-refractivity contribution in [3.8, 4) is 0 Å². The van der Waals surface area contributed by atoms with Crippen molar-refractivity contribution in [2.45, 2.75) is 26.4 Å². The van der Waals surface area contributed by atoms with Crippen LogP contribution in [-0.2, 0) is 6.61 Å². The predicted octanol–water partition coefficient (Wildman–Crippen LogP) is 1.09. The minimum absolute atomic E-state index is 0.0369. The normalized spacial score (nSPS) is 10.5. The summed E-state index contributed by atoms with van der Waals surface area (Å²) in [4.78, 5) is 0. The Bertz CT molecular complexity index is 235. The van der Waals surface area contributed by atoms with E-state index in [0.717, 1.165) is 11.3 Å². The van der Waals surface area contributed by atoms with Gasteiger partial charge in [-0.3, -0.25) is 0 Å². The average molecular weight is 152 g/mol. The topological polar surface area (TPSA) is 46.0 Å². The molecule has 0 aliphatic heterocycles. The Morgan fingerprint density at radius 3 is 2.82 bits per heavy atom. The van der Waals surface area contributed by atoms with Crippen LogP contribution in [-0.4, -0.2) is 15.3 Å². The molecule has 60 valence electrons. The maximum Gasteiger partial charge on any atom is 0.0698 e. The van der Waals surface area contributed by atoms with E-state index in [2.05, 4.69) is 10.2 Å². The largest absolute Gasteiger partial charge is 0.392 e. The van der Waals surface area contributed by atoms with Gasteiger partial charge in [0.15, 0.2) is 0 Å². The summed E-state index contributed by atoms with van der Waals surface area (Å²) in [5.41, 5.74) is 1.75. The van der Waals surface area contributed by atoms with Gasteiger partial charge >= 0.3 is 0 Å². The van der Waals surface area contributed by atoms with Gasteiger partial charge in [0.2, 0.25) is 0 Å². The summed E-state index contributed by atoms with van der Waals surface area (Å²) in [5.74, 6) is 0.369. The van der Waals surface area contributed by atoms with E-state index in [1.54, 1.807) is 6.20 Å². The SMILES string of the molecule is CC(C)c1cc(CO)cnn1. The monoisotopic (exact) mass is 152 g/mol. The van der Waals surface area contributed by atoms with Gasteiger partial charge in [-0.05, 0) is 17.5 Å². The minimum atomic E-state index is 0.0369. The first-order chi connectivity index (χ1) is 5.24. The molecule has 3 nitrogen and oxygen atoms in total. The van der Waals surface area contributed by atoms with E-state index < -0.39 is 0 Å². The molecule has 0 saturated carbocycles. The molecular formula is C8H12N2O. The predicted molar refractivity (Wildman–Crippen MR) is 42.0 cm³/mol. The summed E-state index contributed by atoms with van der Waals surface area (Å²) in [6.45, 7) is 4.13. The Morgan fingerprint density at radius 2 is 2.27 bits per heavy atom. The quantitative estimate of drug-likeness (QED) is 0.690. The molecule has 0 unspecified atom stereocenters. The van der Waals surface area contributed by atoms with Crippen LogP contribution in [0.5, 0.6) is 0 Å². The molecule has 0 bridgehead atoms. The summed E-state index contributed by atoms with van der Waals surface area (Å²) < 4.78 is 0. The average Bonchev–Trinajstić information content (AvgIpc) is 2.05. The molecule has 0 radical (unpaired) electrons. The molecule has 1 aromatic rings. The molecule has 11 heavy (non-hydrogen) atoms. The minimum Gasteiger partial charge on any atom is -0.392 e. The first-order valence-corrected chi connectivity index (χ1v) is 3.66. The fourth-order valence-electron chi connectivity index (χ4n) is 0.794. The zero-order valence-corrected chi connectivity index (χ0v) is 6.78. The lowest BCUT2D eigenvalue weighted by Gasteiger charge is -2.02. The van der Waals surface area contributed by atoms with Crippen LogP contribution in [0.15, 0.2) is 12.3 Å². The van der Waals surface area contributed by atoms with Crippen LogP contribution in [0.1, 0.15) is 31.0 Å². The van der Waals surface area contributed by atoms with Gasteiger partial charge in [0.05, 0.1) is 18.5 Å². The molecule has 0 spiro atoms. The summed E-state index contributed by atoms with van der Waals surface area (Å²) in [6.07, 6.45) is 1.58. The Hall–Kier alpha value is -0.960. The standard InChI is InChI=1S/C8H12N2O/c1-6(2)8-3-7(5-11)4-9-10-8/h3-4,6,11H,5H2,1-2H3. The van der Waals surface area contributed by atoms with E-state index in [9.17, 15) is 0 Å². The lowest BCUT2D eigenvalue weighted by Crippen LogP contribution is -1.97. The Kier molecular flexibility index (Phi) is 2.54. The lowest BCUT2D eigenvalue weighted by molar-refractivity contribution is 0.281. The van der Waals surface area contributed by atoms with Crippen molar-refractivity contribution in [3.05, 3.63) is 23.5 Å². The summed E-state index contributed by atoms with van der Waals surface area (Å²) in [6, 6.07) is 1.87. The van der Waals surface area contributed by atoms with Gasteiger partial charge in [-0.1, -0.05) is 13.8 Å². The third-order valence-electron chi connectivity index (χ3n) is 1.50. The van der Waals surface area contributed by atoms with E-state index in [-0.39, 0.29) is 6.61 Å². The van der Waals surface area contributed by atoms with Crippen LogP contribution < -0.4 is 0 Å². The van der Waals surface area contributed by atoms with Gasteiger partial charge in [0.1, 0.15) is 0 Å². The number of aliphatic hydroxyl groups is 1. The third kappa shape index (κ3) is 1.98. The maximum atomic E-state index is 8.78. The van der Waals surface area contributed by atoms with Crippen molar-refractivity contribution in [1.29, 1.82) is 0 Å². The van der Waals surface area contributed by atoms with Crippen LogP contribution in [0.25, 0.3) is 0 Å². The number of nitrogens with zero attached hydrogens (tertiary/aromatic N) is 2. The molecule has 0 atom stereocenters. The van der Waals surface area contributed by atoms with Gasteiger partial charge in [0.25, 0.3) is 0 Å². The lowest BCUT2D eigenvalue weighted by atomic mass is 10.1. The molecule has 0 saturated heterocycles. The highest BCUT2D eigenvalue weighted by Crippen LogP contribution is 2.10. The van der Waals surface area contributed by atoms with E-state index in [1.807, 2.05) is 19.9 Å². The van der Waals surface area contributed by atoms with Gasteiger partial charge in [0, 0.05) is 0 Å². The van der Waals surface area contributed by atoms with Crippen LogP contribution in [0.2, 0.25) is 0 Å². The Balaban J connectivity index is 2.91. The van der Waals surface area contributed by atoms with E-state index in [1.165, 1.54) is 0 Å². The summed E-state index contributed by atoms with van der Waals surface area (Å²) >= 11 is 0. The molecule has 0 amide bonds. The number of rotatable bonds is 2. The molecule has 1 rings (SSSR count). The zero-order chi connectivity index (χ0) is 8.27. The second-order valence-electron chi connectivity index (χ2n) is 2.80. The number of aliphatic hydroxyl groups excluding tert-OH is 1. The van der Waals surface area contributed by atoms with Crippen LogP contribution in [0.3, 0.4) is 0 Å². The van der Waals surface area contributed by atoms with Gasteiger partial charge in [-0.25, -0.2) is 0 Å². The summed E-state index contributed by atoms with van der Waals surface area (Å²) in [7, 11) is 0. The molecule has 0 aliphatic carbocycles. The molecule has 1 N–H and O–H groups in total. The van der Waals surface area contributed by atoms with Crippen molar-refractivity contribution < 1.29 is 5.11 Å². The van der Waals surface area contributed by atoms with E-state index in [0.29, 0.717) is 5.92 Å². The van der Waals surface area contributed by atoms with Crippen molar-refractivity contribution >= 4 is 0 Å². The highest BCUT2D eigenvalue weighted by atomic mass is 16.3. The highest BCUT2D eigenvalue weighted by Gasteiger charge is 2.01. The number of aromatic nitrogens is 2. The van der Waals surface area contributed by atoms with E-state index >= 15 is 0 Å². The fourth-order valence-corrected chi connectivity index (χ4v) is 0.794. The van der Waals surface area contributed by atoms with Crippen LogP contribution in [0, 0.1) is 0 Å². The molecule has 0 fully saturated rings. The summed E-state index contributed by atoms with van der Waals surface area (Å²) in [5, 5.41) is 16.5. The van der Waals surface area contributed by atoms with Crippen molar-refractivity contribution in [1.82, 2.24) is 10.2 Å².